The van der Waals surface area contributed by atoms with Crippen molar-refractivity contribution in [2.45, 2.75) is 13.5 Å². The molecule has 0 heterocycles. The number of amides is 2. The number of benzene rings is 3. The highest BCUT2D eigenvalue weighted by molar-refractivity contribution is 5.89. The van der Waals surface area contributed by atoms with Crippen LogP contribution in [0, 0.1) is 6.92 Å². The molecule has 3 aromatic rings. The molecule has 2 N–H and O–H groups in total. The number of nitrogens with one attached hydrogen (secondary N) is 1. The van der Waals surface area contributed by atoms with Gasteiger partial charge >= 0.3 is 6.03 Å². The Morgan fingerprint density at radius 3 is 2.23 bits per heavy atom. The Hall–Kier alpha value is -3.51. The molecule has 0 radical (unpaired) electrons. The molecule has 3 aromatic carbocycles. The number of nitrogens with zero attached hydrogens (tertiary/aromatic N) is 1. The van der Waals surface area contributed by atoms with E-state index in [0.29, 0.717) is 23.7 Å². The second-order valence-electron chi connectivity index (χ2n) is 6.83. The van der Waals surface area contributed by atoms with E-state index in [-0.39, 0.29) is 19.2 Å². The van der Waals surface area contributed by atoms with Gasteiger partial charge in [-0.3, -0.25) is 0 Å². The van der Waals surface area contributed by atoms with Crippen LogP contribution in [0.15, 0.2) is 72.8 Å². The quantitative estimate of drug-likeness (QED) is 0.563. The van der Waals surface area contributed by atoms with Gasteiger partial charge in [0.2, 0.25) is 0 Å². The third-order valence-electron chi connectivity index (χ3n) is 4.57. The van der Waals surface area contributed by atoms with Gasteiger partial charge in [0.15, 0.2) is 0 Å². The third kappa shape index (κ3) is 5.75. The lowest BCUT2D eigenvalue weighted by Crippen LogP contribution is -2.36. The predicted molar refractivity (Wildman–Crippen MR) is 117 cm³/mol. The number of ether oxygens (including phenoxy) is 2. The Labute approximate surface area is 176 Å². The number of anilines is 1. The highest BCUT2D eigenvalue weighted by Crippen LogP contribution is 2.24. The SMILES string of the molecule is COc1ccccc1CN(CCO)C(=O)Nc1ccc(Oc2ccc(C)cc2)cc1. The summed E-state index contributed by atoms with van der Waals surface area (Å²) >= 11 is 0. The lowest BCUT2D eigenvalue weighted by molar-refractivity contribution is 0.184. The van der Waals surface area contributed by atoms with Crippen LogP contribution in [0.4, 0.5) is 10.5 Å². The molecule has 0 saturated carbocycles. The lowest BCUT2D eigenvalue weighted by Gasteiger charge is -2.23. The van der Waals surface area contributed by atoms with Crippen molar-refractivity contribution in [2.24, 2.45) is 0 Å². The molecule has 0 bridgehead atoms. The molecule has 0 aliphatic heterocycles. The Balaban J connectivity index is 1.64. The van der Waals surface area contributed by atoms with Crippen molar-refractivity contribution < 1.29 is 19.4 Å². The number of hydrogen-bond acceptors (Lipinski definition) is 4. The second-order valence-corrected chi connectivity index (χ2v) is 6.83. The number of carbonyl (C=O) groups excluding carboxylic acids is 1. The van der Waals surface area contributed by atoms with Gasteiger partial charge in [0.1, 0.15) is 17.2 Å². The zero-order chi connectivity index (χ0) is 21.3. The van der Waals surface area contributed by atoms with E-state index in [1.165, 1.54) is 10.5 Å². The number of carbonyl (C=O) groups is 1. The number of para-hydroxylation sites is 1. The minimum Gasteiger partial charge on any atom is -0.496 e. The molecule has 30 heavy (non-hydrogen) atoms. The average molecular weight is 406 g/mol. The van der Waals surface area contributed by atoms with Crippen LogP contribution < -0.4 is 14.8 Å². The van der Waals surface area contributed by atoms with Crippen LogP contribution in [-0.2, 0) is 6.54 Å². The molecule has 0 atom stereocenters. The van der Waals surface area contributed by atoms with Crippen LogP contribution in [0.25, 0.3) is 0 Å². The van der Waals surface area contributed by atoms with Gasteiger partial charge in [-0.2, -0.15) is 0 Å². The van der Waals surface area contributed by atoms with Crippen molar-refractivity contribution in [1.29, 1.82) is 0 Å². The van der Waals surface area contributed by atoms with E-state index >= 15 is 0 Å². The van der Waals surface area contributed by atoms with Gasteiger partial charge in [-0.15, -0.1) is 0 Å². The summed E-state index contributed by atoms with van der Waals surface area (Å²) in [4.78, 5) is 14.3. The van der Waals surface area contributed by atoms with E-state index in [4.69, 9.17) is 9.47 Å². The number of hydrogen-bond donors (Lipinski definition) is 2. The Kier molecular flexibility index (Phi) is 7.29. The van der Waals surface area contributed by atoms with Crippen LogP contribution in [0.2, 0.25) is 0 Å². The molecule has 0 aromatic heterocycles. The molecular weight excluding hydrogens is 380 g/mol. The number of methoxy groups -OCH3 is 1. The zero-order valence-corrected chi connectivity index (χ0v) is 17.2. The van der Waals surface area contributed by atoms with Gasteiger partial charge in [0.05, 0.1) is 20.3 Å². The van der Waals surface area contributed by atoms with Gasteiger partial charge in [-0.25, -0.2) is 4.79 Å². The van der Waals surface area contributed by atoms with Gasteiger partial charge in [-0.05, 0) is 49.4 Å². The maximum absolute atomic E-state index is 12.7. The van der Waals surface area contributed by atoms with Crippen LogP contribution >= 0.6 is 0 Å². The molecule has 156 valence electrons. The van der Waals surface area contributed by atoms with Crippen molar-refractivity contribution in [3.8, 4) is 17.2 Å². The topological polar surface area (TPSA) is 71.0 Å². The maximum Gasteiger partial charge on any atom is 0.322 e. The van der Waals surface area contributed by atoms with Crippen molar-refractivity contribution in [1.82, 2.24) is 4.90 Å². The van der Waals surface area contributed by atoms with Gasteiger partial charge in [-0.1, -0.05) is 35.9 Å². The number of urea groups is 1. The van der Waals surface area contributed by atoms with Crippen LogP contribution in [-0.4, -0.2) is 36.3 Å². The summed E-state index contributed by atoms with van der Waals surface area (Å²) in [5.74, 6) is 2.13. The molecule has 0 aliphatic carbocycles. The number of aryl methyl sites for hydroxylation is 1. The fourth-order valence-corrected chi connectivity index (χ4v) is 2.96. The first kappa shape index (κ1) is 21.2. The second kappa shape index (κ2) is 10.3. The van der Waals surface area contributed by atoms with Crippen molar-refractivity contribution in [3.05, 3.63) is 83.9 Å². The highest BCUT2D eigenvalue weighted by Gasteiger charge is 2.16. The summed E-state index contributed by atoms with van der Waals surface area (Å²) in [5, 5.41) is 12.2. The minimum absolute atomic E-state index is 0.133. The lowest BCUT2D eigenvalue weighted by atomic mass is 10.2. The molecule has 6 heteroatoms. The van der Waals surface area contributed by atoms with Gasteiger partial charge < -0.3 is 24.8 Å². The Morgan fingerprint density at radius 1 is 0.967 bits per heavy atom. The summed E-state index contributed by atoms with van der Waals surface area (Å²) in [7, 11) is 1.59. The smallest absolute Gasteiger partial charge is 0.322 e. The summed E-state index contributed by atoms with van der Waals surface area (Å²) in [6.45, 7) is 2.42. The van der Waals surface area contributed by atoms with E-state index in [0.717, 1.165) is 11.3 Å². The Bertz CT molecular complexity index is 956. The van der Waals surface area contributed by atoms with Crippen molar-refractivity contribution in [2.75, 3.05) is 25.6 Å². The molecule has 0 unspecified atom stereocenters. The first-order valence-corrected chi connectivity index (χ1v) is 9.72. The average Bonchev–Trinajstić information content (AvgIpc) is 2.76. The molecule has 0 saturated heterocycles. The van der Waals surface area contributed by atoms with Crippen LogP contribution in [0.1, 0.15) is 11.1 Å². The molecule has 0 aliphatic rings. The van der Waals surface area contributed by atoms with Crippen molar-refractivity contribution >= 4 is 11.7 Å². The number of aliphatic hydroxyl groups excluding tert-OH is 1. The first-order valence-electron chi connectivity index (χ1n) is 9.72. The molecule has 6 nitrogen and oxygen atoms in total. The summed E-state index contributed by atoms with van der Waals surface area (Å²) in [6.07, 6.45) is 0. The highest BCUT2D eigenvalue weighted by atomic mass is 16.5. The van der Waals surface area contributed by atoms with E-state index in [2.05, 4.69) is 5.32 Å². The maximum atomic E-state index is 12.7. The van der Waals surface area contributed by atoms with E-state index in [1.54, 1.807) is 31.4 Å². The van der Waals surface area contributed by atoms with Crippen LogP contribution in [0.3, 0.4) is 0 Å². The first-order chi connectivity index (χ1) is 14.6. The van der Waals surface area contributed by atoms with Crippen molar-refractivity contribution in [3.63, 3.8) is 0 Å². The monoisotopic (exact) mass is 406 g/mol. The molecular formula is C24H26N2O4. The zero-order valence-electron chi connectivity index (χ0n) is 17.2. The summed E-state index contributed by atoms with van der Waals surface area (Å²) in [6, 6.07) is 22.2. The van der Waals surface area contributed by atoms with E-state index in [1.807, 2.05) is 55.5 Å². The summed E-state index contributed by atoms with van der Waals surface area (Å²) < 4.78 is 11.2. The standard InChI is InChI=1S/C24H26N2O4/c1-18-7-11-21(12-8-18)30-22-13-9-20(10-14-22)25-24(28)26(15-16-27)17-19-5-3-4-6-23(19)29-2/h3-14,27H,15-17H2,1-2H3,(H,25,28). The Morgan fingerprint density at radius 2 is 1.60 bits per heavy atom. The minimum atomic E-state index is -0.304. The number of rotatable bonds is 8. The van der Waals surface area contributed by atoms with E-state index < -0.39 is 0 Å². The summed E-state index contributed by atoms with van der Waals surface area (Å²) in [5.41, 5.74) is 2.67. The molecule has 0 fully saturated rings. The van der Waals surface area contributed by atoms with Crippen LogP contribution in [0.5, 0.6) is 17.2 Å². The molecule has 3 rings (SSSR count). The van der Waals surface area contributed by atoms with Gasteiger partial charge in [0.25, 0.3) is 0 Å². The number of aliphatic hydroxyl groups is 1. The molecule has 2 amide bonds. The normalized spacial score (nSPS) is 10.4. The fraction of sp³-hybridized carbons (Fsp3) is 0.208. The fourth-order valence-electron chi connectivity index (χ4n) is 2.96. The largest absolute Gasteiger partial charge is 0.496 e. The van der Waals surface area contributed by atoms with Gasteiger partial charge in [0, 0.05) is 17.8 Å². The predicted octanol–water partition coefficient (Wildman–Crippen LogP) is 4.82. The molecule has 0 spiro atoms. The van der Waals surface area contributed by atoms with E-state index in [9.17, 15) is 9.90 Å². The third-order valence-corrected chi connectivity index (χ3v) is 4.57.